The summed E-state index contributed by atoms with van der Waals surface area (Å²) in [5, 5.41) is 32.5. The number of benzene rings is 1. The van der Waals surface area contributed by atoms with Gasteiger partial charge in [0, 0.05) is 19.3 Å². The standard InChI is InChI=1S/C21H22N2O4.C4H6O6/c1-15-6-7-18(27-15)13-23(12-17-5-3-4-8-22-17)11-16-9-19(24-2)21-20(10-16)25-14-26-21;5-1(3(7)8)2(6)4(9)10/h3-10H,11-14H2,1-2H3;1-2,5-6H,(H,7,8)(H,9,10). The molecule has 4 N–H and O–H groups in total. The molecule has 12 heteroatoms. The maximum atomic E-state index is 9.77. The van der Waals surface area contributed by atoms with Crippen molar-refractivity contribution in [3.05, 3.63) is 71.4 Å². The number of rotatable bonds is 10. The van der Waals surface area contributed by atoms with E-state index < -0.39 is 24.1 Å². The predicted molar refractivity (Wildman–Crippen MR) is 127 cm³/mol. The van der Waals surface area contributed by atoms with Crippen molar-refractivity contribution in [1.29, 1.82) is 0 Å². The zero-order chi connectivity index (χ0) is 26.9. The Kier molecular flexibility index (Phi) is 9.44. The summed E-state index contributed by atoms with van der Waals surface area (Å²) in [6.45, 7) is 4.26. The van der Waals surface area contributed by atoms with Crippen LogP contribution in [0.3, 0.4) is 0 Å². The van der Waals surface area contributed by atoms with Crippen molar-refractivity contribution in [1.82, 2.24) is 9.88 Å². The fourth-order valence-corrected chi connectivity index (χ4v) is 3.48. The minimum atomic E-state index is -2.27. The number of aliphatic carboxylic acids is 2. The highest BCUT2D eigenvalue weighted by atomic mass is 16.7. The quantitative estimate of drug-likeness (QED) is 0.308. The number of carboxylic acid groups (broad SMARTS) is 2. The van der Waals surface area contributed by atoms with Crippen molar-refractivity contribution in [3.63, 3.8) is 0 Å². The SMILES string of the molecule is COc1cc(CN(Cc2ccccn2)Cc2ccc(C)o2)cc2c1OCO2.O=C(O)C(O)C(O)C(=O)O. The van der Waals surface area contributed by atoms with Gasteiger partial charge in [-0.1, -0.05) is 6.07 Å². The minimum absolute atomic E-state index is 0.221. The molecule has 198 valence electrons. The van der Waals surface area contributed by atoms with Gasteiger partial charge >= 0.3 is 11.9 Å². The lowest BCUT2D eigenvalue weighted by Gasteiger charge is -2.21. The van der Waals surface area contributed by atoms with Crippen LogP contribution in [0.15, 0.2) is 53.1 Å². The lowest BCUT2D eigenvalue weighted by atomic mass is 10.1. The molecule has 0 radical (unpaired) electrons. The number of hydrogen-bond acceptors (Lipinski definition) is 10. The second-order valence-corrected chi connectivity index (χ2v) is 8.08. The van der Waals surface area contributed by atoms with Gasteiger partial charge < -0.3 is 39.1 Å². The molecule has 1 aliphatic rings. The van der Waals surface area contributed by atoms with Crippen molar-refractivity contribution in [3.8, 4) is 17.2 Å². The summed E-state index contributed by atoms with van der Waals surface area (Å²) in [5.74, 6) is 0.371. The summed E-state index contributed by atoms with van der Waals surface area (Å²) in [4.78, 5) is 26.3. The maximum Gasteiger partial charge on any atom is 0.335 e. The van der Waals surface area contributed by atoms with Crippen LogP contribution >= 0.6 is 0 Å². The van der Waals surface area contributed by atoms with E-state index in [2.05, 4.69) is 9.88 Å². The van der Waals surface area contributed by atoms with E-state index in [4.69, 9.17) is 39.1 Å². The molecule has 0 aliphatic carbocycles. The molecule has 0 saturated heterocycles. The number of aliphatic hydroxyl groups excluding tert-OH is 2. The Morgan fingerprint density at radius 3 is 2.32 bits per heavy atom. The molecule has 3 aromatic rings. The average Bonchev–Trinajstić information content (AvgIpc) is 3.52. The third-order valence-electron chi connectivity index (χ3n) is 5.22. The van der Waals surface area contributed by atoms with Gasteiger partial charge in [-0.3, -0.25) is 9.88 Å². The van der Waals surface area contributed by atoms with E-state index in [-0.39, 0.29) is 6.79 Å². The first-order valence-corrected chi connectivity index (χ1v) is 11.1. The molecular weight excluding hydrogens is 488 g/mol. The molecule has 2 atom stereocenters. The Balaban J connectivity index is 0.000000325. The second-order valence-electron chi connectivity index (χ2n) is 8.08. The Bertz CT molecular complexity index is 1180. The van der Waals surface area contributed by atoms with Crippen molar-refractivity contribution in [2.75, 3.05) is 13.9 Å². The number of ether oxygens (including phenoxy) is 3. The molecule has 4 rings (SSSR count). The van der Waals surface area contributed by atoms with E-state index in [9.17, 15) is 9.59 Å². The van der Waals surface area contributed by atoms with Gasteiger partial charge in [0.2, 0.25) is 12.5 Å². The number of carboxylic acids is 2. The molecule has 0 bridgehead atoms. The number of aromatic nitrogens is 1. The third kappa shape index (κ3) is 7.67. The zero-order valence-electron chi connectivity index (χ0n) is 20.2. The summed E-state index contributed by atoms with van der Waals surface area (Å²) in [7, 11) is 1.64. The highest BCUT2D eigenvalue weighted by Crippen LogP contribution is 2.42. The van der Waals surface area contributed by atoms with Gasteiger partial charge in [0.15, 0.2) is 23.7 Å². The summed E-state index contributed by atoms with van der Waals surface area (Å²) in [6.07, 6.45) is -2.72. The van der Waals surface area contributed by atoms with Crippen LogP contribution in [0.25, 0.3) is 0 Å². The van der Waals surface area contributed by atoms with Crippen LogP contribution in [-0.2, 0) is 29.2 Å². The van der Waals surface area contributed by atoms with E-state index in [1.54, 1.807) is 7.11 Å². The zero-order valence-corrected chi connectivity index (χ0v) is 20.2. The van der Waals surface area contributed by atoms with Gasteiger partial charge in [0.25, 0.3) is 0 Å². The molecular formula is C25H28N2O10. The number of aliphatic hydroxyl groups is 2. The number of carbonyl (C=O) groups is 2. The fraction of sp³-hybridized carbons (Fsp3) is 0.320. The van der Waals surface area contributed by atoms with E-state index in [1.807, 2.05) is 55.6 Å². The number of pyridine rings is 1. The molecule has 2 aromatic heterocycles. The first-order chi connectivity index (χ1) is 17.7. The largest absolute Gasteiger partial charge is 0.493 e. The van der Waals surface area contributed by atoms with Gasteiger partial charge in [-0.2, -0.15) is 0 Å². The molecule has 0 saturated carbocycles. The first kappa shape index (κ1) is 27.5. The predicted octanol–water partition coefficient (Wildman–Crippen LogP) is 1.80. The summed E-state index contributed by atoms with van der Waals surface area (Å²) >= 11 is 0. The molecule has 1 aromatic carbocycles. The highest BCUT2D eigenvalue weighted by Gasteiger charge is 2.29. The van der Waals surface area contributed by atoms with E-state index in [0.29, 0.717) is 31.1 Å². The molecule has 0 fully saturated rings. The Morgan fingerprint density at radius 1 is 1.03 bits per heavy atom. The summed E-state index contributed by atoms with van der Waals surface area (Å²) in [5.41, 5.74) is 2.09. The van der Waals surface area contributed by atoms with E-state index in [1.165, 1.54) is 0 Å². The van der Waals surface area contributed by atoms with Crippen LogP contribution in [0.1, 0.15) is 22.8 Å². The lowest BCUT2D eigenvalue weighted by Crippen LogP contribution is -2.39. The van der Waals surface area contributed by atoms with Gasteiger partial charge in [-0.15, -0.1) is 0 Å². The van der Waals surface area contributed by atoms with Gasteiger partial charge in [-0.05, 0) is 48.9 Å². The second kappa shape index (κ2) is 12.7. The first-order valence-electron chi connectivity index (χ1n) is 11.1. The van der Waals surface area contributed by atoms with Crippen LogP contribution in [0.5, 0.6) is 17.2 Å². The molecule has 12 nitrogen and oxygen atoms in total. The van der Waals surface area contributed by atoms with Crippen molar-refractivity contribution < 1.29 is 48.6 Å². The van der Waals surface area contributed by atoms with Gasteiger partial charge in [-0.25, -0.2) is 9.59 Å². The van der Waals surface area contributed by atoms with Gasteiger partial charge in [0.1, 0.15) is 11.5 Å². The maximum absolute atomic E-state index is 9.77. The Labute approximate surface area is 212 Å². The Morgan fingerprint density at radius 2 is 1.76 bits per heavy atom. The fourth-order valence-electron chi connectivity index (χ4n) is 3.48. The van der Waals surface area contributed by atoms with Crippen LogP contribution in [0.4, 0.5) is 0 Å². The lowest BCUT2D eigenvalue weighted by molar-refractivity contribution is -0.165. The topological polar surface area (TPSA) is 172 Å². The van der Waals surface area contributed by atoms with Crippen LogP contribution in [0.2, 0.25) is 0 Å². The monoisotopic (exact) mass is 516 g/mol. The number of nitrogens with zero attached hydrogens (tertiary/aromatic N) is 2. The van der Waals surface area contributed by atoms with Crippen LogP contribution < -0.4 is 14.2 Å². The highest BCUT2D eigenvalue weighted by molar-refractivity contribution is 5.83. The van der Waals surface area contributed by atoms with Crippen LogP contribution in [0, 0.1) is 6.92 Å². The Hall–Kier alpha value is -4.13. The number of hydrogen-bond donors (Lipinski definition) is 4. The van der Waals surface area contributed by atoms with Crippen LogP contribution in [-0.4, -0.2) is 68.4 Å². The molecule has 0 spiro atoms. The van der Waals surface area contributed by atoms with Crippen molar-refractivity contribution >= 4 is 11.9 Å². The van der Waals surface area contributed by atoms with Crippen molar-refractivity contribution in [2.24, 2.45) is 0 Å². The summed E-state index contributed by atoms with van der Waals surface area (Å²) < 4.78 is 22.3. The molecule has 1 aliphatic heterocycles. The minimum Gasteiger partial charge on any atom is -0.493 e. The number of methoxy groups -OCH3 is 1. The molecule has 2 unspecified atom stereocenters. The smallest absolute Gasteiger partial charge is 0.335 e. The van der Waals surface area contributed by atoms with Crippen molar-refractivity contribution in [2.45, 2.75) is 38.8 Å². The molecule has 0 amide bonds. The van der Waals surface area contributed by atoms with Gasteiger partial charge in [0.05, 0.1) is 19.3 Å². The third-order valence-corrected chi connectivity index (χ3v) is 5.22. The summed E-state index contributed by atoms with van der Waals surface area (Å²) in [6, 6.07) is 13.9. The van der Waals surface area contributed by atoms with E-state index in [0.717, 1.165) is 28.5 Å². The molecule has 37 heavy (non-hydrogen) atoms. The molecule has 3 heterocycles. The number of aryl methyl sites for hydroxylation is 1. The normalized spacial score (nSPS) is 13.4. The number of fused-ring (bicyclic) bond motifs is 1. The average molecular weight is 517 g/mol. The van der Waals surface area contributed by atoms with E-state index >= 15 is 0 Å². The number of furan rings is 1.